The summed E-state index contributed by atoms with van der Waals surface area (Å²) in [5.74, 6) is -2.44. The molecule has 0 aromatic heterocycles. The lowest BCUT2D eigenvalue weighted by molar-refractivity contribution is -0.139. The van der Waals surface area contributed by atoms with Crippen LogP contribution in [0.4, 0.5) is 0 Å². The van der Waals surface area contributed by atoms with Gasteiger partial charge in [0.2, 0.25) is 6.08 Å². The fraction of sp³-hybridized carbons (Fsp3) is 0.500. The van der Waals surface area contributed by atoms with Crippen molar-refractivity contribution >= 4 is 42.8 Å². The molecule has 1 unspecified atom stereocenters. The van der Waals surface area contributed by atoms with Crippen LogP contribution >= 0.6 is 24.8 Å². The molecular weight excluding hydrogens is 237 g/mol. The van der Waals surface area contributed by atoms with E-state index in [0.29, 0.717) is 0 Å². The summed E-state index contributed by atoms with van der Waals surface area (Å²) in [5, 5.41) is 16.5. The predicted molar refractivity (Wildman–Crippen MR) is 50.9 cm³/mol. The van der Waals surface area contributed by atoms with E-state index >= 15 is 0 Å². The number of isocyanates is 1. The second-order valence-electron chi connectivity index (χ2n) is 2.01. The molecule has 82 valence electrons. The molecule has 2 N–H and O–H groups in total. The molecule has 0 aromatic rings. The Hall–Kier alpha value is -1.10. The maximum absolute atomic E-state index is 10.2. The predicted octanol–water partition coefficient (Wildman–Crippen LogP) is 0.484. The molecule has 0 bridgehead atoms. The van der Waals surface area contributed by atoms with E-state index in [1.807, 2.05) is 0 Å². The van der Waals surface area contributed by atoms with Gasteiger partial charge >= 0.3 is 11.9 Å². The Morgan fingerprint density at radius 1 is 1.29 bits per heavy atom. The molecule has 6 nitrogen and oxygen atoms in total. The highest BCUT2D eigenvalue weighted by Gasteiger charge is 2.16. The highest BCUT2D eigenvalue weighted by atomic mass is 35.5. The minimum absolute atomic E-state index is 0. The number of aliphatic carboxylic acids is 2. The topological polar surface area (TPSA) is 104 Å². The van der Waals surface area contributed by atoms with Gasteiger partial charge in [0.1, 0.15) is 0 Å². The number of hydrogen-bond donors (Lipinski definition) is 2. The van der Waals surface area contributed by atoms with Crippen molar-refractivity contribution in [1.82, 2.24) is 0 Å². The van der Waals surface area contributed by atoms with Gasteiger partial charge in [-0.05, 0) is 6.42 Å². The molecular formula is C6H9Cl2NO5. The van der Waals surface area contributed by atoms with Gasteiger partial charge in [-0.15, -0.1) is 24.8 Å². The zero-order valence-electron chi connectivity index (χ0n) is 6.87. The third-order valence-corrected chi connectivity index (χ3v) is 1.13. The molecule has 0 aromatic carbocycles. The lowest BCUT2D eigenvalue weighted by Gasteiger charge is -2.00. The SMILES string of the molecule is Cl.Cl.O=C=NC(CCC(=O)O)C(=O)O. The lowest BCUT2D eigenvalue weighted by atomic mass is 10.2. The summed E-state index contributed by atoms with van der Waals surface area (Å²) in [4.78, 5) is 32.8. The fourth-order valence-corrected chi connectivity index (χ4v) is 0.567. The Labute approximate surface area is 91.8 Å². The summed E-state index contributed by atoms with van der Waals surface area (Å²) >= 11 is 0. The highest BCUT2D eigenvalue weighted by molar-refractivity contribution is 5.85. The van der Waals surface area contributed by atoms with Crippen molar-refractivity contribution in [2.24, 2.45) is 4.99 Å². The summed E-state index contributed by atoms with van der Waals surface area (Å²) in [6, 6.07) is -1.29. The van der Waals surface area contributed by atoms with Crippen molar-refractivity contribution in [2.75, 3.05) is 0 Å². The van der Waals surface area contributed by atoms with Gasteiger partial charge in [0.25, 0.3) is 0 Å². The van der Waals surface area contributed by atoms with Crippen LogP contribution in [0.2, 0.25) is 0 Å². The summed E-state index contributed by atoms with van der Waals surface area (Å²) in [6.45, 7) is 0. The van der Waals surface area contributed by atoms with Crippen LogP contribution in [-0.4, -0.2) is 34.3 Å². The monoisotopic (exact) mass is 245 g/mol. The third-order valence-electron chi connectivity index (χ3n) is 1.13. The van der Waals surface area contributed by atoms with Crippen molar-refractivity contribution in [3.8, 4) is 0 Å². The van der Waals surface area contributed by atoms with Crippen molar-refractivity contribution in [3.05, 3.63) is 0 Å². The number of carboxylic acid groups (broad SMARTS) is 2. The van der Waals surface area contributed by atoms with Crippen molar-refractivity contribution in [3.63, 3.8) is 0 Å². The molecule has 0 heterocycles. The van der Waals surface area contributed by atoms with E-state index in [1.54, 1.807) is 0 Å². The number of carbonyl (C=O) groups is 2. The Morgan fingerprint density at radius 3 is 2.07 bits per heavy atom. The van der Waals surface area contributed by atoms with Gasteiger partial charge < -0.3 is 10.2 Å². The van der Waals surface area contributed by atoms with Crippen LogP contribution in [0.25, 0.3) is 0 Å². The van der Waals surface area contributed by atoms with Gasteiger partial charge in [-0.3, -0.25) is 4.79 Å². The molecule has 0 saturated carbocycles. The van der Waals surface area contributed by atoms with E-state index in [2.05, 4.69) is 4.99 Å². The molecule has 0 rings (SSSR count). The van der Waals surface area contributed by atoms with Crippen LogP contribution < -0.4 is 0 Å². The molecule has 0 aliphatic rings. The maximum Gasteiger partial charge on any atom is 0.329 e. The van der Waals surface area contributed by atoms with E-state index in [0.717, 1.165) is 6.08 Å². The van der Waals surface area contributed by atoms with Gasteiger partial charge in [0.05, 0.1) is 0 Å². The number of nitrogens with zero attached hydrogens (tertiary/aromatic N) is 1. The average molecular weight is 246 g/mol. The molecule has 0 aliphatic heterocycles. The Bertz CT molecular complexity index is 236. The van der Waals surface area contributed by atoms with E-state index < -0.39 is 18.0 Å². The third kappa shape index (κ3) is 8.99. The van der Waals surface area contributed by atoms with E-state index in [-0.39, 0.29) is 37.7 Å². The van der Waals surface area contributed by atoms with Crippen LogP contribution in [0, 0.1) is 0 Å². The van der Waals surface area contributed by atoms with E-state index in [9.17, 15) is 14.4 Å². The zero-order valence-corrected chi connectivity index (χ0v) is 8.51. The molecule has 8 heteroatoms. The molecule has 0 fully saturated rings. The Balaban J connectivity index is -0.000000605. The first kappa shape index (κ1) is 18.6. The van der Waals surface area contributed by atoms with Crippen LogP contribution in [0.1, 0.15) is 12.8 Å². The molecule has 14 heavy (non-hydrogen) atoms. The van der Waals surface area contributed by atoms with Crippen molar-refractivity contribution < 1.29 is 24.6 Å². The average Bonchev–Trinajstić information content (AvgIpc) is 1.96. The van der Waals surface area contributed by atoms with Crippen molar-refractivity contribution in [2.45, 2.75) is 18.9 Å². The first-order chi connectivity index (χ1) is 5.57. The molecule has 0 amide bonds. The fourth-order valence-electron chi connectivity index (χ4n) is 0.567. The second kappa shape index (κ2) is 9.98. The van der Waals surface area contributed by atoms with Gasteiger partial charge in [-0.1, -0.05) is 0 Å². The lowest BCUT2D eigenvalue weighted by Crippen LogP contribution is -2.18. The minimum Gasteiger partial charge on any atom is -0.481 e. The summed E-state index contributed by atoms with van der Waals surface area (Å²) in [6.07, 6.45) is 0.548. The number of hydrogen-bond acceptors (Lipinski definition) is 4. The number of aliphatic imine (C=N–C) groups is 1. The van der Waals surface area contributed by atoms with Gasteiger partial charge in [0, 0.05) is 6.42 Å². The molecule has 0 saturated heterocycles. The van der Waals surface area contributed by atoms with Crippen LogP contribution in [-0.2, 0) is 14.4 Å². The number of rotatable bonds is 5. The van der Waals surface area contributed by atoms with Crippen molar-refractivity contribution in [1.29, 1.82) is 0 Å². The normalized spacial score (nSPS) is 9.71. The summed E-state index contributed by atoms with van der Waals surface area (Å²) < 4.78 is 0. The largest absolute Gasteiger partial charge is 0.481 e. The first-order valence-corrected chi connectivity index (χ1v) is 3.09. The van der Waals surface area contributed by atoms with E-state index in [1.165, 1.54) is 0 Å². The Morgan fingerprint density at radius 2 is 1.79 bits per heavy atom. The van der Waals surface area contributed by atoms with Crippen LogP contribution in [0.3, 0.4) is 0 Å². The molecule has 0 aliphatic carbocycles. The smallest absolute Gasteiger partial charge is 0.329 e. The van der Waals surface area contributed by atoms with Gasteiger partial charge in [-0.25, -0.2) is 9.59 Å². The maximum atomic E-state index is 10.2. The Kier molecular flexibility index (Phi) is 13.3. The molecule has 0 spiro atoms. The second-order valence-corrected chi connectivity index (χ2v) is 2.01. The minimum atomic E-state index is -1.32. The molecule has 1 atom stereocenters. The quantitative estimate of drug-likeness (QED) is 0.542. The van der Waals surface area contributed by atoms with Gasteiger partial charge in [0.15, 0.2) is 6.04 Å². The van der Waals surface area contributed by atoms with Crippen LogP contribution in [0.15, 0.2) is 4.99 Å². The zero-order chi connectivity index (χ0) is 9.56. The standard InChI is InChI=1S/C6H7NO5.2ClH/c8-3-7-4(6(11)12)1-2-5(9)10;;/h4H,1-2H2,(H,9,10)(H,11,12);2*1H. The first-order valence-electron chi connectivity index (χ1n) is 3.09. The number of carboxylic acids is 2. The highest BCUT2D eigenvalue weighted by Crippen LogP contribution is 2.01. The van der Waals surface area contributed by atoms with E-state index in [4.69, 9.17) is 10.2 Å². The molecule has 0 radical (unpaired) electrons. The summed E-state index contributed by atoms with van der Waals surface area (Å²) in [5.41, 5.74) is 0. The summed E-state index contributed by atoms with van der Waals surface area (Å²) in [7, 11) is 0. The van der Waals surface area contributed by atoms with Crippen LogP contribution in [0.5, 0.6) is 0 Å². The number of halogens is 2. The number of carbonyl (C=O) groups excluding carboxylic acids is 1. The van der Waals surface area contributed by atoms with Gasteiger partial charge in [-0.2, -0.15) is 4.99 Å².